The lowest BCUT2D eigenvalue weighted by Gasteiger charge is -2.34. The van der Waals surface area contributed by atoms with E-state index in [9.17, 15) is 26.7 Å². The van der Waals surface area contributed by atoms with E-state index in [0.29, 0.717) is 12.8 Å². The lowest BCUT2D eigenvalue weighted by Crippen LogP contribution is -2.41. The van der Waals surface area contributed by atoms with Crippen molar-refractivity contribution in [1.82, 2.24) is 4.98 Å². The summed E-state index contributed by atoms with van der Waals surface area (Å²) in [4.78, 5) is 16.6. The summed E-state index contributed by atoms with van der Waals surface area (Å²) in [7, 11) is 0. The number of pyridine rings is 1. The number of aromatic nitrogens is 1. The van der Waals surface area contributed by atoms with Gasteiger partial charge >= 0.3 is 6.18 Å². The molecule has 3 rings (SSSR count). The summed E-state index contributed by atoms with van der Waals surface area (Å²) in [6.07, 6.45) is -4.49. The number of amides is 1. The highest BCUT2D eigenvalue weighted by atomic mass is 19.4. The molecule has 1 aliphatic heterocycles. The van der Waals surface area contributed by atoms with Crippen LogP contribution in [0.25, 0.3) is 0 Å². The lowest BCUT2D eigenvalue weighted by molar-refractivity contribution is -0.141. The highest BCUT2D eigenvalue weighted by Crippen LogP contribution is 2.46. The van der Waals surface area contributed by atoms with Crippen molar-refractivity contribution < 1.29 is 26.7 Å². The Morgan fingerprint density at radius 1 is 1.25 bits per heavy atom. The Labute approximate surface area is 134 Å². The molecular weight excluding hydrogens is 333 g/mol. The number of hydrogen-bond acceptors (Lipinski definition) is 3. The largest absolute Gasteiger partial charge is 0.433 e. The van der Waals surface area contributed by atoms with Crippen molar-refractivity contribution in [2.45, 2.75) is 43.7 Å². The molecule has 1 saturated heterocycles. The number of nitrogens with zero attached hydrogens (tertiary/aromatic N) is 2. The van der Waals surface area contributed by atoms with Crippen LogP contribution in [0.3, 0.4) is 0 Å². The Bertz CT molecular complexity index is 660. The smallest absolute Gasteiger partial charge is 0.365 e. The van der Waals surface area contributed by atoms with Gasteiger partial charge in [0.1, 0.15) is 11.5 Å². The zero-order chi connectivity index (χ0) is 17.7. The predicted octanol–water partition coefficient (Wildman–Crippen LogP) is 3.31. The number of rotatable bonds is 3. The number of nitrogens with two attached hydrogens (primary N) is 1. The summed E-state index contributed by atoms with van der Waals surface area (Å²) in [5.74, 6) is -4.31. The molecule has 0 unspecified atom stereocenters. The molecule has 0 atom stereocenters. The van der Waals surface area contributed by atoms with Gasteiger partial charge in [-0.2, -0.15) is 13.2 Å². The van der Waals surface area contributed by atoms with Crippen molar-refractivity contribution in [3.63, 3.8) is 0 Å². The monoisotopic (exact) mass is 349 g/mol. The molecule has 2 heterocycles. The van der Waals surface area contributed by atoms with Gasteiger partial charge in [0.25, 0.3) is 11.8 Å². The molecule has 0 spiro atoms. The fourth-order valence-corrected chi connectivity index (χ4v) is 2.92. The van der Waals surface area contributed by atoms with Gasteiger partial charge in [-0.1, -0.05) is 0 Å². The number of primary amides is 1. The van der Waals surface area contributed by atoms with Gasteiger partial charge in [0.15, 0.2) is 0 Å². The summed E-state index contributed by atoms with van der Waals surface area (Å²) in [6.45, 7) is -0.360. The van der Waals surface area contributed by atoms with Crippen molar-refractivity contribution in [1.29, 1.82) is 0 Å². The molecule has 2 aliphatic rings. The third kappa shape index (κ3) is 3.29. The van der Waals surface area contributed by atoms with Crippen LogP contribution in [0.2, 0.25) is 0 Å². The fraction of sp³-hybridized carbons (Fsp3) is 0.600. The second-order valence-electron chi connectivity index (χ2n) is 6.28. The van der Waals surface area contributed by atoms with Gasteiger partial charge in [-0.25, -0.2) is 13.8 Å². The molecule has 0 bridgehead atoms. The van der Waals surface area contributed by atoms with Crippen LogP contribution in [0.5, 0.6) is 0 Å². The van der Waals surface area contributed by atoms with Crippen LogP contribution in [0.4, 0.5) is 27.8 Å². The van der Waals surface area contributed by atoms with Crippen molar-refractivity contribution >= 4 is 11.7 Å². The van der Waals surface area contributed by atoms with E-state index in [4.69, 9.17) is 5.73 Å². The quantitative estimate of drug-likeness (QED) is 0.852. The van der Waals surface area contributed by atoms with Gasteiger partial charge in [-0.05, 0) is 30.4 Å². The zero-order valence-corrected chi connectivity index (χ0v) is 12.7. The van der Waals surface area contributed by atoms with Crippen molar-refractivity contribution in [3.8, 4) is 0 Å². The van der Waals surface area contributed by atoms with Crippen molar-refractivity contribution in [3.05, 3.63) is 22.9 Å². The molecule has 1 aromatic heterocycles. The molecule has 4 nitrogen and oxygen atoms in total. The van der Waals surface area contributed by atoms with Crippen molar-refractivity contribution in [2.75, 3.05) is 18.0 Å². The average molecular weight is 349 g/mol. The maximum atomic E-state index is 13.3. The maximum Gasteiger partial charge on any atom is 0.433 e. The predicted molar refractivity (Wildman–Crippen MR) is 76.1 cm³/mol. The summed E-state index contributed by atoms with van der Waals surface area (Å²) in [5, 5.41) is 0. The summed E-state index contributed by atoms with van der Waals surface area (Å²) in [6, 6.07) is 1.14. The molecule has 24 heavy (non-hydrogen) atoms. The molecule has 2 N–H and O–H groups in total. The average Bonchev–Trinajstić information content (AvgIpc) is 3.29. The van der Waals surface area contributed by atoms with E-state index in [2.05, 4.69) is 4.98 Å². The van der Waals surface area contributed by atoms with Crippen LogP contribution in [0.1, 0.15) is 53.2 Å². The molecule has 0 aromatic carbocycles. The Morgan fingerprint density at radius 3 is 2.29 bits per heavy atom. The van der Waals surface area contributed by atoms with Crippen molar-refractivity contribution in [2.24, 2.45) is 5.73 Å². The molecular formula is C15H16F5N3O. The first-order chi connectivity index (χ1) is 11.1. The highest BCUT2D eigenvalue weighted by Gasteiger charge is 2.42. The number of hydrogen-bond donors (Lipinski definition) is 1. The maximum absolute atomic E-state index is 13.3. The molecule has 1 saturated carbocycles. The number of anilines is 1. The second-order valence-corrected chi connectivity index (χ2v) is 6.28. The number of carbonyl (C=O) groups is 1. The summed E-state index contributed by atoms with van der Waals surface area (Å²) >= 11 is 0. The zero-order valence-electron chi connectivity index (χ0n) is 12.7. The van der Waals surface area contributed by atoms with E-state index in [1.165, 1.54) is 4.90 Å². The van der Waals surface area contributed by atoms with E-state index in [-0.39, 0.29) is 36.0 Å². The van der Waals surface area contributed by atoms with Gasteiger partial charge in [-0.15, -0.1) is 0 Å². The highest BCUT2D eigenvalue weighted by molar-refractivity contribution is 5.98. The minimum absolute atomic E-state index is 0.0395. The lowest BCUT2D eigenvalue weighted by atomic mass is 10.0. The molecule has 132 valence electrons. The summed E-state index contributed by atoms with van der Waals surface area (Å²) in [5.41, 5.74) is 4.05. The Kier molecular flexibility index (Phi) is 3.92. The minimum atomic E-state index is -4.68. The van der Waals surface area contributed by atoms with Crippen LogP contribution in [-0.2, 0) is 6.18 Å². The van der Waals surface area contributed by atoms with Crippen LogP contribution in [-0.4, -0.2) is 29.9 Å². The fourth-order valence-electron chi connectivity index (χ4n) is 2.92. The van der Waals surface area contributed by atoms with E-state index < -0.39 is 36.5 Å². The first-order valence-electron chi connectivity index (χ1n) is 7.63. The van der Waals surface area contributed by atoms with E-state index in [1.54, 1.807) is 0 Å². The van der Waals surface area contributed by atoms with Crippen LogP contribution < -0.4 is 10.6 Å². The number of piperidine rings is 1. The third-order valence-corrected chi connectivity index (χ3v) is 4.38. The first-order valence-corrected chi connectivity index (χ1v) is 7.63. The van der Waals surface area contributed by atoms with E-state index >= 15 is 0 Å². The molecule has 0 radical (unpaired) electrons. The molecule has 1 amide bonds. The minimum Gasteiger partial charge on any atom is -0.365 e. The SMILES string of the molecule is NC(=O)c1cc(C2CC2)c(C(F)(F)F)nc1N1CCC(F)(F)CC1. The van der Waals surface area contributed by atoms with Gasteiger partial charge in [-0.3, -0.25) is 4.79 Å². The van der Waals surface area contributed by atoms with Crippen LogP contribution in [0.15, 0.2) is 6.07 Å². The van der Waals surface area contributed by atoms with Gasteiger partial charge in [0, 0.05) is 25.9 Å². The second kappa shape index (κ2) is 5.56. The Hall–Kier alpha value is -1.93. The molecule has 1 aliphatic carbocycles. The topological polar surface area (TPSA) is 59.2 Å². The number of carbonyl (C=O) groups excluding carboxylic acids is 1. The van der Waals surface area contributed by atoms with Crippen LogP contribution in [0, 0.1) is 0 Å². The van der Waals surface area contributed by atoms with E-state index in [0.717, 1.165) is 6.07 Å². The molecule has 2 fully saturated rings. The summed E-state index contributed by atoms with van der Waals surface area (Å²) < 4.78 is 66.5. The molecule has 1 aromatic rings. The number of alkyl halides is 5. The third-order valence-electron chi connectivity index (χ3n) is 4.38. The van der Waals surface area contributed by atoms with Gasteiger partial charge in [0.05, 0.1) is 5.56 Å². The Balaban J connectivity index is 2.05. The standard InChI is InChI=1S/C15H16F5N3O/c16-14(17)3-5-23(6-4-14)13-10(12(21)24)7-9(8-1-2-8)11(22-13)15(18,19)20/h7-8H,1-6H2,(H2,21,24). The van der Waals surface area contributed by atoms with E-state index in [1.807, 2.05) is 0 Å². The number of halogens is 5. The Morgan fingerprint density at radius 2 is 1.83 bits per heavy atom. The normalized spacial score (nSPS) is 21.0. The van der Waals surface area contributed by atoms with Gasteiger partial charge < -0.3 is 10.6 Å². The first kappa shape index (κ1) is 16.9. The van der Waals surface area contributed by atoms with Crippen LogP contribution >= 0.6 is 0 Å². The molecule has 9 heteroatoms. The van der Waals surface area contributed by atoms with Gasteiger partial charge in [0.2, 0.25) is 0 Å².